The highest BCUT2D eigenvalue weighted by Crippen LogP contribution is 2.22. The molecule has 92 valence electrons. The number of carbonyl (C=O) groups is 1. The van der Waals surface area contributed by atoms with Crippen molar-refractivity contribution in [2.75, 3.05) is 0 Å². The summed E-state index contributed by atoms with van der Waals surface area (Å²) in [5, 5.41) is 0. The molecule has 0 aliphatic carbocycles. The first-order valence-electron chi connectivity index (χ1n) is 4.92. The van der Waals surface area contributed by atoms with Gasteiger partial charge in [0.2, 0.25) is 0 Å². The molecule has 0 aromatic heterocycles. The van der Waals surface area contributed by atoms with Gasteiger partial charge in [0.1, 0.15) is 11.6 Å². The van der Waals surface area contributed by atoms with Crippen LogP contribution in [0.25, 0.3) is 0 Å². The minimum absolute atomic E-state index is 0.0162. The molecule has 18 heavy (non-hydrogen) atoms. The van der Waals surface area contributed by atoms with Crippen LogP contribution in [0, 0.1) is 11.6 Å². The highest BCUT2D eigenvalue weighted by atomic mass is 79.9. The van der Waals surface area contributed by atoms with Gasteiger partial charge >= 0.3 is 0 Å². The average molecular weight is 376 g/mol. The van der Waals surface area contributed by atoms with Crippen molar-refractivity contribution in [3.63, 3.8) is 0 Å². The molecule has 0 aliphatic rings. The van der Waals surface area contributed by atoms with Gasteiger partial charge in [-0.15, -0.1) is 0 Å². The summed E-state index contributed by atoms with van der Waals surface area (Å²) >= 11 is 6.50. The SMILES string of the molecule is O=C(c1cc(F)cc(F)c1)c1cc(Br)cc(Br)c1. The first-order chi connectivity index (χ1) is 8.45. The van der Waals surface area contributed by atoms with Crippen LogP contribution in [0.5, 0.6) is 0 Å². The average Bonchev–Trinajstić information content (AvgIpc) is 2.25. The predicted molar refractivity (Wildman–Crippen MR) is 71.6 cm³/mol. The maximum absolute atomic E-state index is 13.1. The van der Waals surface area contributed by atoms with E-state index in [1.807, 2.05) is 0 Å². The minimum atomic E-state index is -0.771. The number of hydrogen-bond acceptors (Lipinski definition) is 1. The molecular formula is C13H6Br2F2O. The maximum Gasteiger partial charge on any atom is 0.193 e. The highest BCUT2D eigenvalue weighted by Gasteiger charge is 2.13. The molecule has 5 heteroatoms. The fraction of sp³-hybridized carbons (Fsp3) is 0. The molecule has 0 spiro atoms. The van der Waals surface area contributed by atoms with E-state index >= 15 is 0 Å². The van der Waals surface area contributed by atoms with Crippen LogP contribution >= 0.6 is 31.9 Å². The molecule has 0 radical (unpaired) electrons. The number of halogens is 4. The zero-order valence-corrected chi connectivity index (χ0v) is 12.1. The summed E-state index contributed by atoms with van der Waals surface area (Å²) in [6.07, 6.45) is 0. The van der Waals surface area contributed by atoms with E-state index in [-0.39, 0.29) is 5.56 Å². The molecule has 0 saturated carbocycles. The van der Waals surface area contributed by atoms with Crippen LogP contribution < -0.4 is 0 Å². The van der Waals surface area contributed by atoms with E-state index in [9.17, 15) is 13.6 Å². The third-order valence-corrected chi connectivity index (χ3v) is 3.17. The Hall–Kier alpha value is -1.07. The standard InChI is InChI=1S/C13H6Br2F2O/c14-9-1-7(2-10(15)5-9)13(18)8-3-11(16)6-12(17)4-8/h1-6H. The minimum Gasteiger partial charge on any atom is -0.289 e. The number of ketones is 1. The van der Waals surface area contributed by atoms with Gasteiger partial charge in [-0.05, 0) is 30.3 Å². The topological polar surface area (TPSA) is 17.1 Å². The van der Waals surface area contributed by atoms with Crippen molar-refractivity contribution >= 4 is 37.6 Å². The van der Waals surface area contributed by atoms with Crippen molar-refractivity contribution in [2.24, 2.45) is 0 Å². The van der Waals surface area contributed by atoms with Gasteiger partial charge in [-0.3, -0.25) is 4.79 Å². The summed E-state index contributed by atoms with van der Waals surface area (Å²) in [7, 11) is 0. The summed E-state index contributed by atoms with van der Waals surface area (Å²) in [4.78, 5) is 12.1. The number of rotatable bonds is 2. The second kappa shape index (κ2) is 5.28. The van der Waals surface area contributed by atoms with E-state index in [2.05, 4.69) is 31.9 Å². The Kier molecular flexibility index (Phi) is 3.92. The van der Waals surface area contributed by atoms with Gasteiger partial charge in [0.05, 0.1) is 0 Å². The molecule has 0 bridgehead atoms. The van der Waals surface area contributed by atoms with Gasteiger partial charge in [0.15, 0.2) is 5.78 Å². The monoisotopic (exact) mass is 374 g/mol. The second-order valence-electron chi connectivity index (χ2n) is 3.65. The van der Waals surface area contributed by atoms with Crippen molar-refractivity contribution in [2.45, 2.75) is 0 Å². The Balaban J connectivity index is 2.47. The van der Waals surface area contributed by atoms with E-state index < -0.39 is 17.4 Å². The number of carbonyl (C=O) groups excluding carboxylic acids is 1. The van der Waals surface area contributed by atoms with E-state index in [1.165, 1.54) is 0 Å². The molecule has 0 unspecified atom stereocenters. The Morgan fingerprint density at radius 3 is 1.72 bits per heavy atom. The fourth-order valence-electron chi connectivity index (χ4n) is 1.54. The molecule has 0 saturated heterocycles. The third kappa shape index (κ3) is 3.03. The molecule has 0 aliphatic heterocycles. The number of hydrogen-bond donors (Lipinski definition) is 0. The lowest BCUT2D eigenvalue weighted by atomic mass is 10.0. The Morgan fingerprint density at radius 2 is 1.22 bits per heavy atom. The first-order valence-corrected chi connectivity index (χ1v) is 6.51. The predicted octanol–water partition coefficient (Wildman–Crippen LogP) is 4.72. The third-order valence-electron chi connectivity index (χ3n) is 2.25. The normalized spacial score (nSPS) is 10.4. The van der Waals surface area contributed by atoms with Crippen molar-refractivity contribution in [3.8, 4) is 0 Å². The Morgan fingerprint density at radius 1 is 0.778 bits per heavy atom. The summed E-state index contributed by atoms with van der Waals surface area (Å²) < 4.78 is 27.5. The van der Waals surface area contributed by atoms with Gasteiger partial charge in [-0.25, -0.2) is 8.78 Å². The van der Waals surface area contributed by atoms with E-state index in [0.29, 0.717) is 14.5 Å². The summed E-state index contributed by atoms with van der Waals surface area (Å²) in [6.45, 7) is 0. The molecule has 1 nitrogen and oxygen atoms in total. The first kappa shape index (κ1) is 13.4. The largest absolute Gasteiger partial charge is 0.289 e. The fourth-order valence-corrected chi connectivity index (χ4v) is 2.83. The van der Waals surface area contributed by atoms with Crippen LogP contribution in [-0.4, -0.2) is 5.78 Å². The molecule has 0 N–H and O–H groups in total. The van der Waals surface area contributed by atoms with Gasteiger partial charge in [-0.1, -0.05) is 31.9 Å². The van der Waals surface area contributed by atoms with E-state index in [4.69, 9.17) is 0 Å². The van der Waals surface area contributed by atoms with Crippen LogP contribution in [0.3, 0.4) is 0 Å². The lowest BCUT2D eigenvalue weighted by Crippen LogP contribution is -2.02. The van der Waals surface area contributed by atoms with Crippen molar-refractivity contribution < 1.29 is 13.6 Å². The quantitative estimate of drug-likeness (QED) is 0.694. The smallest absolute Gasteiger partial charge is 0.193 e. The Labute approximate surface area is 119 Å². The highest BCUT2D eigenvalue weighted by molar-refractivity contribution is 9.11. The van der Waals surface area contributed by atoms with Crippen molar-refractivity contribution in [3.05, 3.63) is 68.1 Å². The molecule has 2 aromatic rings. The van der Waals surface area contributed by atoms with Crippen LogP contribution in [0.2, 0.25) is 0 Å². The van der Waals surface area contributed by atoms with E-state index in [0.717, 1.165) is 18.2 Å². The molecule has 0 fully saturated rings. The van der Waals surface area contributed by atoms with E-state index in [1.54, 1.807) is 18.2 Å². The Bertz CT molecular complexity index is 532. The van der Waals surface area contributed by atoms with Gasteiger partial charge in [0, 0.05) is 26.1 Å². The number of benzene rings is 2. The second-order valence-corrected chi connectivity index (χ2v) is 5.48. The van der Waals surface area contributed by atoms with Crippen molar-refractivity contribution in [1.82, 2.24) is 0 Å². The van der Waals surface area contributed by atoms with Crippen LogP contribution in [0.1, 0.15) is 15.9 Å². The zero-order valence-electron chi connectivity index (χ0n) is 8.88. The van der Waals surface area contributed by atoms with Crippen LogP contribution in [0.4, 0.5) is 8.78 Å². The lowest BCUT2D eigenvalue weighted by Gasteiger charge is -2.04. The van der Waals surface area contributed by atoms with Gasteiger partial charge in [-0.2, -0.15) is 0 Å². The molecule has 2 rings (SSSR count). The van der Waals surface area contributed by atoms with Crippen LogP contribution in [0.15, 0.2) is 45.3 Å². The molecule has 0 atom stereocenters. The maximum atomic E-state index is 13.1. The summed E-state index contributed by atoms with van der Waals surface area (Å²) in [5.74, 6) is -1.98. The lowest BCUT2D eigenvalue weighted by molar-refractivity contribution is 0.103. The molecule has 0 amide bonds. The summed E-state index contributed by atoms with van der Waals surface area (Å²) in [6, 6.07) is 7.71. The van der Waals surface area contributed by atoms with Gasteiger partial charge in [0.25, 0.3) is 0 Å². The van der Waals surface area contributed by atoms with Crippen molar-refractivity contribution in [1.29, 1.82) is 0 Å². The zero-order chi connectivity index (χ0) is 13.3. The molecular weight excluding hydrogens is 370 g/mol. The molecule has 2 aromatic carbocycles. The molecule has 0 heterocycles. The van der Waals surface area contributed by atoms with Gasteiger partial charge < -0.3 is 0 Å². The van der Waals surface area contributed by atoms with Crippen LogP contribution in [-0.2, 0) is 0 Å². The summed E-state index contributed by atoms with van der Waals surface area (Å²) in [5.41, 5.74) is 0.332.